The van der Waals surface area contributed by atoms with E-state index in [9.17, 15) is 13.6 Å². The Labute approximate surface area is 169 Å². The first-order valence-electron chi connectivity index (χ1n) is 8.65. The van der Waals surface area contributed by atoms with Gasteiger partial charge in [0.1, 0.15) is 17.9 Å². The third kappa shape index (κ3) is 3.93. The molecule has 2 heterocycles. The molecule has 29 heavy (non-hydrogen) atoms. The zero-order chi connectivity index (χ0) is 20.4. The lowest BCUT2D eigenvalue weighted by molar-refractivity contribution is 0.0985. The van der Waals surface area contributed by atoms with E-state index in [2.05, 4.69) is 9.97 Å². The summed E-state index contributed by atoms with van der Waals surface area (Å²) < 4.78 is 32.9. The maximum atomic E-state index is 13.8. The van der Waals surface area contributed by atoms with Gasteiger partial charge < -0.3 is 4.42 Å². The van der Waals surface area contributed by atoms with E-state index in [4.69, 9.17) is 16.0 Å². The fraction of sp³-hybridized carbons (Fsp3) is 0.0455. The topological polar surface area (TPSA) is 56.0 Å². The molecule has 0 fully saturated rings. The molecule has 4 aromatic rings. The molecule has 0 atom stereocenters. The van der Waals surface area contributed by atoms with Crippen LogP contribution in [0.1, 0.15) is 15.9 Å². The molecular formula is C22H13ClF2N2O2. The Morgan fingerprint density at radius 1 is 1.03 bits per heavy atom. The molecule has 2 aromatic carbocycles. The summed E-state index contributed by atoms with van der Waals surface area (Å²) in [4.78, 5) is 20.8. The molecule has 0 N–H and O–H groups in total. The number of aromatic nitrogens is 2. The van der Waals surface area contributed by atoms with Crippen molar-refractivity contribution in [1.29, 1.82) is 0 Å². The third-order valence-corrected chi connectivity index (χ3v) is 4.68. The summed E-state index contributed by atoms with van der Waals surface area (Å²) in [5.41, 5.74) is 1.97. The van der Waals surface area contributed by atoms with Crippen molar-refractivity contribution < 1.29 is 18.0 Å². The second kappa shape index (κ2) is 7.93. The molecule has 4 nitrogen and oxygen atoms in total. The number of carbonyl (C=O) groups excluding carboxylic acids is 1. The van der Waals surface area contributed by atoms with Gasteiger partial charge in [-0.15, -0.1) is 0 Å². The summed E-state index contributed by atoms with van der Waals surface area (Å²) in [7, 11) is 0. The van der Waals surface area contributed by atoms with Gasteiger partial charge in [-0.1, -0.05) is 23.7 Å². The molecule has 2 aromatic heterocycles. The molecule has 0 aliphatic heterocycles. The zero-order valence-electron chi connectivity index (χ0n) is 14.9. The Kier molecular flexibility index (Phi) is 5.18. The molecule has 144 valence electrons. The number of pyridine rings is 1. The van der Waals surface area contributed by atoms with Gasteiger partial charge in [-0.2, -0.15) is 0 Å². The first-order chi connectivity index (χ1) is 14.0. The highest BCUT2D eigenvalue weighted by Gasteiger charge is 2.17. The van der Waals surface area contributed by atoms with Gasteiger partial charge in [0.2, 0.25) is 5.89 Å². The summed E-state index contributed by atoms with van der Waals surface area (Å²) in [5, 5.41) is 0.491. The number of hydrogen-bond donors (Lipinski definition) is 0. The smallest absolute Gasteiger partial charge is 0.225 e. The van der Waals surface area contributed by atoms with E-state index in [-0.39, 0.29) is 6.42 Å². The minimum absolute atomic E-state index is 0.171. The number of benzene rings is 2. The highest BCUT2D eigenvalue weighted by atomic mass is 35.5. The molecule has 0 aliphatic carbocycles. The Balaban J connectivity index is 1.59. The maximum absolute atomic E-state index is 13.8. The fourth-order valence-electron chi connectivity index (χ4n) is 2.95. The predicted molar refractivity (Wildman–Crippen MR) is 105 cm³/mol. The Bertz CT molecular complexity index is 1160. The Morgan fingerprint density at radius 3 is 2.48 bits per heavy atom. The van der Waals surface area contributed by atoms with Gasteiger partial charge in [0.05, 0.1) is 22.5 Å². The number of carbonyl (C=O) groups is 1. The van der Waals surface area contributed by atoms with E-state index in [1.807, 2.05) is 0 Å². The van der Waals surface area contributed by atoms with Crippen LogP contribution in [0.15, 0.2) is 71.6 Å². The van der Waals surface area contributed by atoms with Gasteiger partial charge in [0.25, 0.3) is 0 Å². The normalized spacial score (nSPS) is 10.9. The van der Waals surface area contributed by atoms with E-state index in [0.29, 0.717) is 27.7 Å². The second-order valence-electron chi connectivity index (χ2n) is 6.28. The van der Waals surface area contributed by atoms with Gasteiger partial charge in [-0.3, -0.25) is 9.78 Å². The fourth-order valence-corrected chi connectivity index (χ4v) is 3.16. The largest absolute Gasteiger partial charge is 0.445 e. The van der Waals surface area contributed by atoms with Crippen LogP contribution in [0.25, 0.3) is 22.7 Å². The average Bonchev–Trinajstić information content (AvgIpc) is 3.24. The number of rotatable bonds is 5. The van der Waals surface area contributed by atoms with Crippen molar-refractivity contribution in [2.75, 3.05) is 0 Å². The second-order valence-corrected chi connectivity index (χ2v) is 6.69. The zero-order valence-corrected chi connectivity index (χ0v) is 15.7. The highest BCUT2D eigenvalue weighted by molar-refractivity contribution is 6.33. The van der Waals surface area contributed by atoms with Gasteiger partial charge in [0.15, 0.2) is 5.78 Å². The number of hydrogen-bond acceptors (Lipinski definition) is 4. The summed E-state index contributed by atoms with van der Waals surface area (Å²) in [6.45, 7) is 0. The molecule has 0 radical (unpaired) electrons. The highest BCUT2D eigenvalue weighted by Crippen LogP contribution is 2.31. The molecular weight excluding hydrogens is 398 g/mol. The van der Waals surface area contributed by atoms with E-state index in [1.54, 1.807) is 36.5 Å². The minimum atomic E-state index is -0.880. The van der Waals surface area contributed by atoms with Crippen LogP contribution < -0.4 is 0 Å². The molecule has 0 spiro atoms. The van der Waals surface area contributed by atoms with Crippen LogP contribution in [0.4, 0.5) is 8.78 Å². The maximum Gasteiger partial charge on any atom is 0.225 e. The van der Waals surface area contributed by atoms with E-state index < -0.39 is 23.0 Å². The molecule has 0 bridgehead atoms. The van der Waals surface area contributed by atoms with Crippen LogP contribution in [0, 0.1) is 11.6 Å². The van der Waals surface area contributed by atoms with E-state index in [1.165, 1.54) is 18.5 Å². The van der Waals surface area contributed by atoms with Crippen molar-refractivity contribution >= 4 is 17.4 Å². The number of nitrogens with zero attached hydrogens (tertiary/aromatic N) is 2. The van der Waals surface area contributed by atoms with Crippen LogP contribution >= 0.6 is 11.6 Å². The number of ketones is 1. The first kappa shape index (κ1) is 19.0. The van der Waals surface area contributed by atoms with Crippen LogP contribution in [-0.2, 0) is 6.42 Å². The molecule has 0 amide bonds. The standard InChI is InChI=1S/C22H13ClF2N2O2/c23-16-6-5-14(22-26-8-9-29-22)11-15(16)19-7-4-13(12-27-19)10-20(28)21-17(24)2-1-3-18(21)25/h1-9,11-12H,10H2. The summed E-state index contributed by atoms with van der Waals surface area (Å²) in [6, 6.07) is 12.0. The predicted octanol–water partition coefficient (Wildman–Crippen LogP) is 5.76. The Hall–Kier alpha value is -3.38. The van der Waals surface area contributed by atoms with Gasteiger partial charge in [-0.25, -0.2) is 13.8 Å². The Morgan fingerprint density at radius 2 is 1.83 bits per heavy atom. The quantitative estimate of drug-likeness (QED) is 0.392. The summed E-state index contributed by atoms with van der Waals surface area (Å²) >= 11 is 6.30. The van der Waals surface area contributed by atoms with E-state index >= 15 is 0 Å². The lowest BCUT2D eigenvalue weighted by Gasteiger charge is -2.08. The van der Waals surface area contributed by atoms with Crippen LogP contribution in [0.5, 0.6) is 0 Å². The number of halogens is 3. The van der Waals surface area contributed by atoms with Crippen molar-refractivity contribution in [3.63, 3.8) is 0 Å². The molecule has 0 aliphatic rings. The lowest BCUT2D eigenvalue weighted by Crippen LogP contribution is -2.09. The van der Waals surface area contributed by atoms with Gasteiger partial charge in [-0.05, 0) is 42.0 Å². The van der Waals surface area contributed by atoms with Crippen molar-refractivity contribution in [2.24, 2.45) is 0 Å². The summed E-state index contributed by atoms with van der Waals surface area (Å²) in [5.74, 6) is -1.96. The minimum Gasteiger partial charge on any atom is -0.445 e. The van der Waals surface area contributed by atoms with Crippen LogP contribution in [-0.4, -0.2) is 15.8 Å². The first-order valence-corrected chi connectivity index (χ1v) is 9.02. The van der Waals surface area contributed by atoms with Crippen molar-refractivity contribution in [2.45, 2.75) is 6.42 Å². The average molecular weight is 411 g/mol. The number of Topliss-reactive ketones (excluding diaryl/α,β-unsaturated/α-hetero) is 1. The van der Waals surface area contributed by atoms with Crippen molar-refractivity contribution in [1.82, 2.24) is 9.97 Å². The SMILES string of the molecule is O=C(Cc1ccc(-c2cc(-c3ncco3)ccc2Cl)nc1)c1c(F)cccc1F. The number of oxazole rings is 1. The van der Waals surface area contributed by atoms with E-state index in [0.717, 1.165) is 17.7 Å². The third-order valence-electron chi connectivity index (χ3n) is 4.35. The van der Waals surface area contributed by atoms with Crippen LogP contribution in [0.2, 0.25) is 5.02 Å². The molecule has 0 saturated carbocycles. The lowest BCUT2D eigenvalue weighted by atomic mass is 10.0. The molecule has 4 rings (SSSR count). The molecule has 7 heteroatoms. The monoisotopic (exact) mass is 410 g/mol. The van der Waals surface area contributed by atoms with Crippen LogP contribution in [0.3, 0.4) is 0 Å². The molecule has 0 unspecified atom stereocenters. The molecule has 0 saturated heterocycles. The van der Waals surface area contributed by atoms with Gasteiger partial charge in [0, 0.05) is 23.7 Å². The van der Waals surface area contributed by atoms with Crippen molar-refractivity contribution in [3.8, 4) is 22.7 Å². The van der Waals surface area contributed by atoms with Gasteiger partial charge >= 0.3 is 0 Å². The summed E-state index contributed by atoms with van der Waals surface area (Å²) in [6.07, 6.45) is 4.34. The van der Waals surface area contributed by atoms with Crippen molar-refractivity contribution in [3.05, 3.63) is 95.0 Å².